The first-order valence-electron chi connectivity index (χ1n) is 6.18. The smallest absolute Gasteiger partial charge is 0.225 e. The summed E-state index contributed by atoms with van der Waals surface area (Å²) in [6.45, 7) is 0. The third-order valence-electron chi connectivity index (χ3n) is 2.51. The van der Waals surface area contributed by atoms with Crippen molar-refractivity contribution >= 4 is 24.1 Å². The van der Waals surface area contributed by atoms with Crippen molar-refractivity contribution in [1.29, 1.82) is 0 Å². The van der Waals surface area contributed by atoms with Gasteiger partial charge in [0.2, 0.25) is 11.6 Å². The van der Waals surface area contributed by atoms with Crippen molar-refractivity contribution < 1.29 is 36.7 Å². The Kier molecular flexibility index (Phi) is 6.66. The van der Waals surface area contributed by atoms with E-state index in [-0.39, 0.29) is 23.7 Å². The van der Waals surface area contributed by atoms with Gasteiger partial charge < -0.3 is 0 Å². The van der Waals surface area contributed by atoms with Crippen LogP contribution in [-0.2, 0) is 9.59 Å². The number of Topliss-reactive ketones (excluding diaryl/α,β-unsaturated/α-hetero) is 2. The van der Waals surface area contributed by atoms with Gasteiger partial charge in [-0.05, 0) is 24.3 Å². The van der Waals surface area contributed by atoms with E-state index in [0.717, 1.165) is 24.3 Å². The molecule has 24 heavy (non-hydrogen) atoms. The lowest BCUT2D eigenvalue weighted by Gasteiger charge is -1.94. The maximum absolute atomic E-state index is 12.4. The Bertz CT molecular complexity index is 695. The molecule has 0 heterocycles. The van der Waals surface area contributed by atoms with Gasteiger partial charge in [-0.1, -0.05) is 0 Å². The van der Waals surface area contributed by atoms with Crippen LogP contribution in [0.15, 0.2) is 36.4 Å². The van der Waals surface area contributed by atoms with E-state index in [1.54, 1.807) is 0 Å². The standard InChI is InChI=1S/2C8H4F2O2/c2*9-6-1-5(8(12)4-11)2-7(10)3-6/h2*1-4H. The second kappa shape index (κ2) is 8.47. The first-order valence-corrected chi connectivity index (χ1v) is 6.18. The zero-order valence-corrected chi connectivity index (χ0v) is 11.8. The van der Waals surface area contributed by atoms with Crippen LogP contribution >= 0.6 is 0 Å². The van der Waals surface area contributed by atoms with Crippen molar-refractivity contribution in [2.75, 3.05) is 0 Å². The van der Waals surface area contributed by atoms with Gasteiger partial charge in [-0.3, -0.25) is 19.2 Å². The zero-order chi connectivity index (χ0) is 18.3. The molecule has 0 spiro atoms. The lowest BCUT2D eigenvalue weighted by molar-refractivity contribution is -0.105. The summed E-state index contributed by atoms with van der Waals surface area (Å²) in [5.41, 5.74) is -0.551. The summed E-state index contributed by atoms with van der Waals surface area (Å²) in [7, 11) is 0. The predicted octanol–water partition coefficient (Wildman–Crippen LogP) is 2.69. The van der Waals surface area contributed by atoms with Gasteiger partial charge in [-0.2, -0.15) is 0 Å². The van der Waals surface area contributed by atoms with Crippen molar-refractivity contribution in [3.63, 3.8) is 0 Å². The fourth-order valence-electron chi connectivity index (χ4n) is 1.53. The minimum atomic E-state index is -0.937. The lowest BCUT2D eigenvalue weighted by Crippen LogP contribution is -2.00. The summed E-state index contributed by atoms with van der Waals surface area (Å²) in [5, 5.41) is 0. The van der Waals surface area contributed by atoms with Gasteiger partial charge in [0, 0.05) is 23.3 Å². The Hall–Kier alpha value is -3.16. The highest BCUT2D eigenvalue weighted by atomic mass is 19.1. The molecule has 8 heteroatoms. The van der Waals surface area contributed by atoms with E-state index in [1.807, 2.05) is 0 Å². The summed E-state index contributed by atoms with van der Waals surface area (Å²) < 4.78 is 49.7. The van der Waals surface area contributed by atoms with Gasteiger partial charge in [-0.15, -0.1) is 0 Å². The van der Waals surface area contributed by atoms with Gasteiger partial charge in [0.05, 0.1) is 0 Å². The summed E-state index contributed by atoms with van der Waals surface area (Å²) in [4.78, 5) is 41.1. The van der Waals surface area contributed by atoms with Crippen LogP contribution in [0, 0.1) is 23.3 Å². The Morgan fingerprint density at radius 2 is 0.833 bits per heavy atom. The molecule has 4 nitrogen and oxygen atoms in total. The van der Waals surface area contributed by atoms with Crippen LogP contribution in [0.4, 0.5) is 17.6 Å². The molecule has 2 aromatic rings. The quantitative estimate of drug-likeness (QED) is 0.371. The highest BCUT2D eigenvalue weighted by molar-refractivity contribution is 6.33. The fourth-order valence-corrected chi connectivity index (χ4v) is 1.53. The van der Waals surface area contributed by atoms with Crippen LogP contribution in [-0.4, -0.2) is 24.1 Å². The fraction of sp³-hybridized carbons (Fsp3) is 0. The molecule has 0 unspecified atom stereocenters. The van der Waals surface area contributed by atoms with Crippen molar-refractivity contribution in [3.8, 4) is 0 Å². The number of benzene rings is 2. The van der Waals surface area contributed by atoms with Gasteiger partial charge in [0.15, 0.2) is 12.6 Å². The van der Waals surface area contributed by atoms with E-state index in [0.29, 0.717) is 12.1 Å². The molecule has 2 aromatic carbocycles. The maximum atomic E-state index is 12.4. The minimum Gasteiger partial charge on any atom is -0.294 e. The van der Waals surface area contributed by atoms with Crippen molar-refractivity contribution in [2.24, 2.45) is 0 Å². The third kappa shape index (κ3) is 5.56. The SMILES string of the molecule is O=CC(=O)c1cc(F)cc(F)c1.O=CC(=O)c1cc(F)cc(F)c1. The van der Waals surface area contributed by atoms with E-state index in [2.05, 4.69) is 0 Å². The van der Waals surface area contributed by atoms with Crippen molar-refractivity contribution in [3.05, 3.63) is 70.8 Å². The number of hydrogen-bond acceptors (Lipinski definition) is 4. The molecule has 0 aliphatic heterocycles. The summed E-state index contributed by atoms with van der Waals surface area (Å²) in [6.07, 6.45) is 0.0163. The van der Waals surface area contributed by atoms with Gasteiger partial charge in [-0.25, -0.2) is 17.6 Å². The molecule has 0 amide bonds. The largest absolute Gasteiger partial charge is 0.294 e. The Balaban J connectivity index is 0.000000240. The number of carbonyl (C=O) groups excluding carboxylic acids is 4. The molecule has 0 aliphatic carbocycles. The Morgan fingerprint density at radius 1 is 0.583 bits per heavy atom. The molecule has 0 fully saturated rings. The van der Waals surface area contributed by atoms with Gasteiger partial charge in [0.1, 0.15) is 23.3 Å². The van der Waals surface area contributed by atoms with Crippen LogP contribution in [0.5, 0.6) is 0 Å². The number of ketones is 2. The molecule has 0 N–H and O–H groups in total. The Labute approximate surface area is 132 Å². The average Bonchev–Trinajstić information content (AvgIpc) is 2.52. The maximum Gasteiger partial charge on any atom is 0.225 e. The molecule has 0 bridgehead atoms. The first-order chi connectivity index (χ1) is 11.3. The average molecular weight is 340 g/mol. The molecule has 0 saturated carbocycles. The van der Waals surface area contributed by atoms with Crippen molar-refractivity contribution in [2.45, 2.75) is 0 Å². The van der Waals surface area contributed by atoms with Crippen LogP contribution in [0.2, 0.25) is 0 Å². The number of carbonyl (C=O) groups is 4. The molecule has 0 radical (unpaired) electrons. The zero-order valence-electron chi connectivity index (χ0n) is 11.8. The molecule has 0 aliphatic rings. The van der Waals surface area contributed by atoms with Gasteiger partial charge in [0.25, 0.3) is 0 Å². The summed E-state index contributed by atoms with van der Waals surface area (Å²) in [6, 6.07) is 4.47. The number of rotatable bonds is 4. The molecule has 0 saturated heterocycles. The number of aldehydes is 2. The minimum absolute atomic E-state index is 0.00815. The third-order valence-corrected chi connectivity index (χ3v) is 2.51. The van der Waals surface area contributed by atoms with Crippen LogP contribution in [0.3, 0.4) is 0 Å². The highest BCUT2D eigenvalue weighted by Gasteiger charge is 2.07. The molecule has 0 aromatic heterocycles. The molecule has 2 rings (SSSR count). The number of halogens is 4. The van der Waals surface area contributed by atoms with Gasteiger partial charge >= 0.3 is 0 Å². The second-order valence-corrected chi connectivity index (χ2v) is 4.28. The van der Waals surface area contributed by atoms with Crippen molar-refractivity contribution in [1.82, 2.24) is 0 Å². The van der Waals surface area contributed by atoms with E-state index in [4.69, 9.17) is 0 Å². The van der Waals surface area contributed by atoms with Crippen LogP contribution in [0.1, 0.15) is 20.7 Å². The van der Waals surface area contributed by atoms with E-state index in [9.17, 15) is 36.7 Å². The van der Waals surface area contributed by atoms with E-state index in [1.165, 1.54) is 0 Å². The highest BCUT2D eigenvalue weighted by Crippen LogP contribution is 2.08. The van der Waals surface area contributed by atoms with E-state index >= 15 is 0 Å². The molecule has 0 atom stereocenters. The van der Waals surface area contributed by atoms with Crippen LogP contribution < -0.4 is 0 Å². The van der Waals surface area contributed by atoms with Crippen LogP contribution in [0.25, 0.3) is 0 Å². The summed E-state index contributed by atoms with van der Waals surface area (Å²) in [5.74, 6) is -5.37. The molecule has 124 valence electrons. The first kappa shape index (κ1) is 18.9. The molecular weight excluding hydrogens is 332 g/mol. The number of hydrogen-bond donors (Lipinski definition) is 0. The second-order valence-electron chi connectivity index (χ2n) is 4.28. The normalized spacial score (nSPS) is 9.50. The van der Waals surface area contributed by atoms with E-state index < -0.39 is 34.8 Å². The Morgan fingerprint density at radius 3 is 1.04 bits per heavy atom. The lowest BCUT2D eigenvalue weighted by atomic mass is 10.1. The predicted molar refractivity (Wildman–Crippen MR) is 73.5 cm³/mol. The monoisotopic (exact) mass is 340 g/mol. The topological polar surface area (TPSA) is 68.3 Å². The molecular formula is C16H8F4O4. The summed E-state index contributed by atoms with van der Waals surface area (Å²) >= 11 is 0.